The number of nitriles is 1. The SMILES string of the molecule is Cc1c(N2C(=O)N3CC[C@@H](O[Si](C)(C)C(C)(C)C)[C@]3(C)C2=O)ccc(C#N)c1Cl. The summed E-state index contributed by atoms with van der Waals surface area (Å²) >= 11 is 6.29. The molecule has 3 amide bonds. The molecular formula is C21H28ClN3O3Si. The summed E-state index contributed by atoms with van der Waals surface area (Å²) in [5.74, 6) is -0.299. The molecule has 0 aromatic heterocycles. The molecule has 0 bridgehead atoms. The Morgan fingerprint density at radius 2 is 1.93 bits per heavy atom. The highest BCUT2D eigenvalue weighted by atomic mass is 35.5. The number of nitrogens with zero attached hydrogens (tertiary/aromatic N) is 3. The number of amides is 3. The summed E-state index contributed by atoms with van der Waals surface area (Å²) in [7, 11) is -2.13. The molecule has 2 atom stereocenters. The highest BCUT2D eigenvalue weighted by Crippen LogP contribution is 2.46. The quantitative estimate of drug-likeness (QED) is 0.504. The van der Waals surface area contributed by atoms with Crippen LogP contribution in [0.3, 0.4) is 0 Å². The molecule has 3 rings (SSSR count). The number of imide groups is 1. The Kier molecular flexibility index (Phi) is 5.14. The van der Waals surface area contributed by atoms with Crippen molar-refractivity contribution in [2.24, 2.45) is 0 Å². The molecule has 1 aromatic rings. The fourth-order valence-corrected chi connectivity index (χ4v) is 5.45. The van der Waals surface area contributed by atoms with E-state index in [-0.39, 0.29) is 28.1 Å². The van der Waals surface area contributed by atoms with E-state index in [9.17, 15) is 14.9 Å². The van der Waals surface area contributed by atoms with Gasteiger partial charge in [-0.05, 0) is 56.1 Å². The van der Waals surface area contributed by atoms with Crippen LogP contribution >= 0.6 is 11.6 Å². The highest BCUT2D eigenvalue weighted by molar-refractivity contribution is 6.74. The second-order valence-electron chi connectivity index (χ2n) is 9.56. The summed E-state index contributed by atoms with van der Waals surface area (Å²) in [6.07, 6.45) is 0.292. The molecule has 1 aromatic carbocycles. The van der Waals surface area contributed by atoms with Crippen molar-refractivity contribution in [2.45, 2.75) is 70.8 Å². The molecule has 2 aliphatic heterocycles. The Hall–Kier alpha value is -1.88. The monoisotopic (exact) mass is 433 g/mol. The average molecular weight is 434 g/mol. The first-order chi connectivity index (χ1) is 13.3. The van der Waals surface area contributed by atoms with Crippen molar-refractivity contribution in [3.05, 3.63) is 28.3 Å². The van der Waals surface area contributed by atoms with Crippen LogP contribution in [-0.4, -0.2) is 43.3 Å². The van der Waals surface area contributed by atoms with Gasteiger partial charge in [0.1, 0.15) is 11.6 Å². The number of hydrogen-bond donors (Lipinski definition) is 0. The zero-order valence-corrected chi connectivity index (χ0v) is 19.8. The Morgan fingerprint density at radius 3 is 2.48 bits per heavy atom. The number of benzene rings is 1. The normalized spacial score (nSPS) is 24.9. The molecule has 0 aliphatic carbocycles. The van der Waals surface area contributed by atoms with Crippen molar-refractivity contribution >= 4 is 37.5 Å². The molecule has 29 heavy (non-hydrogen) atoms. The molecule has 2 saturated heterocycles. The maximum absolute atomic E-state index is 13.6. The van der Waals surface area contributed by atoms with Crippen LogP contribution < -0.4 is 4.90 Å². The smallest absolute Gasteiger partial charge is 0.332 e. The van der Waals surface area contributed by atoms with E-state index in [1.807, 2.05) is 6.07 Å². The third-order valence-electron chi connectivity index (χ3n) is 6.82. The van der Waals surface area contributed by atoms with Crippen molar-refractivity contribution in [3.8, 4) is 6.07 Å². The summed E-state index contributed by atoms with van der Waals surface area (Å²) in [6, 6.07) is 4.82. The number of urea groups is 1. The van der Waals surface area contributed by atoms with Crippen molar-refractivity contribution < 1.29 is 14.0 Å². The lowest BCUT2D eigenvalue weighted by Gasteiger charge is -2.41. The van der Waals surface area contributed by atoms with Gasteiger partial charge in [-0.3, -0.25) is 4.79 Å². The fourth-order valence-electron chi connectivity index (χ4n) is 3.84. The summed E-state index contributed by atoms with van der Waals surface area (Å²) in [6.45, 7) is 14.8. The molecule has 8 heteroatoms. The minimum atomic E-state index is -2.13. The van der Waals surface area contributed by atoms with Gasteiger partial charge in [-0.2, -0.15) is 5.26 Å². The maximum atomic E-state index is 13.6. The van der Waals surface area contributed by atoms with Gasteiger partial charge in [-0.15, -0.1) is 0 Å². The van der Waals surface area contributed by atoms with Crippen LogP contribution in [0.4, 0.5) is 10.5 Å². The predicted octanol–water partition coefficient (Wildman–Crippen LogP) is 4.84. The van der Waals surface area contributed by atoms with E-state index in [4.69, 9.17) is 16.0 Å². The van der Waals surface area contributed by atoms with E-state index in [1.54, 1.807) is 30.9 Å². The molecule has 0 N–H and O–H groups in total. The largest absolute Gasteiger partial charge is 0.411 e. The summed E-state index contributed by atoms with van der Waals surface area (Å²) in [5.41, 5.74) is 0.238. The van der Waals surface area contributed by atoms with Gasteiger partial charge in [0, 0.05) is 6.54 Å². The van der Waals surface area contributed by atoms with Crippen molar-refractivity contribution in [1.29, 1.82) is 5.26 Å². The lowest BCUT2D eigenvalue weighted by atomic mass is 9.95. The number of hydrogen-bond acceptors (Lipinski definition) is 4. The van der Waals surface area contributed by atoms with E-state index in [2.05, 4.69) is 33.9 Å². The van der Waals surface area contributed by atoms with Crippen LogP contribution in [0.5, 0.6) is 0 Å². The van der Waals surface area contributed by atoms with Crippen molar-refractivity contribution in [1.82, 2.24) is 4.90 Å². The first-order valence-corrected chi connectivity index (χ1v) is 13.1. The molecule has 156 valence electrons. The molecule has 2 fully saturated rings. The Bertz CT molecular complexity index is 934. The minimum Gasteiger partial charge on any atom is -0.411 e. The van der Waals surface area contributed by atoms with Crippen molar-refractivity contribution in [2.75, 3.05) is 11.4 Å². The first-order valence-electron chi connectivity index (χ1n) is 9.80. The zero-order valence-electron chi connectivity index (χ0n) is 18.1. The first kappa shape index (κ1) is 21.8. The Balaban J connectivity index is 2.00. The van der Waals surface area contributed by atoms with E-state index < -0.39 is 13.9 Å². The Labute approximate surface area is 178 Å². The number of halogens is 1. The minimum absolute atomic E-state index is 0.000628. The number of carbonyl (C=O) groups excluding carboxylic acids is 2. The summed E-state index contributed by atoms with van der Waals surface area (Å²) < 4.78 is 6.60. The van der Waals surface area contributed by atoms with Crippen LogP contribution in [0.1, 0.15) is 45.2 Å². The van der Waals surface area contributed by atoms with Gasteiger partial charge in [0.05, 0.1) is 22.4 Å². The molecule has 0 unspecified atom stereocenters. The van der Waals surface area contributed by atoms with Crippen LogP contribution in [0.15, 0.2) is 12.1 Å². The standard InChI is InChI=1S/C21H28ClN3O3Si/c1-13-15(9-8-14(12-23)17(13)22)25-18(26)21(5)16(10-11-24(21)19(25)27)28-29(6,7)20(2,3)4/h8-9,16H,10-11H2,1-7H3/t16-,21-/m1/s1. The Morgan fingerprint density at radius 1 is 1.31 bits per heavy atom. The summed E-state index contributed by atoms with van der Waals surface area (Å²) in [4.78, 5) is 29.6. The molecule has 0 spiro atoms. The van der Waals surface area contributed by atoms with Crippen LogP contribution in [0, 0.1) is 18.3 Å². The summed E-state index contributed by atoms with van der Waals surface area (Å²) in [5, 5.41) is 9.44. The number of rotatable bonds is 3. The average Bonchev–Trinajstić information content (AvgIpc) is 3.03. The predicted molar refractivity (Wildman–Crippen MR) is 116 cm³/mol. The number of anilines is 1. The van der Waals surface area contributed by atoms with E-state index >= 15 is 0 Å². The van der Waals surface area contributed by atoms with Gasteiger partial charge in [-0.25, -0.2) is 9.69 Å². The third-order valence-corrected chi connectivity index (χ3v) is 11.8. The van der Waals surface area contributed by atoms with Gasteiger partial charge >= 0.3 is 6.03 Å². The van der Waals surface area contributed by atoms with E-state index in [0.717, 1.165) is 0 Å². The van der Waals surface area contributed by atoms with Gasteiger partial charge in [-0.1, -0.05) is 32.4 Å². The van der Waals surface area contributed by atoms with Crippen LogP contribution in [0.2, 0.25) is 23.2 Å². The maximum Gasteiger partial charge on any atom is 0.332 e. The van der Waals surface area contributed by atoms with E-state index in [1.165, 1.54) is 4.90 Å². The second-order valence-corrected chi connectivity index (χ2v) is 14.7. The number of fused-ring (bicyclic) bond motifs is 1. The van der Waals surface area contributed by atoms with Gasteiger partial charge in [0.2, 0.25) is 0 Å². The molecule has 2 heterocycles. The van der Waals surface area contributed by atoms with Crippen LogP contribution in [-0.2, 0) is 9.22 Å². The van der Waals surface area contributed by atoms with Gasteiger partial charge < -0.3 is 9.33 Å². The molecular weight excluding hydrogens is 406 g/mol. The fraction of sp³-hybridized carbons (Fsp3) is 0.571. The van der Waals surface area contributed by atoms with Crippen molar-refractivity contribution in [3.63, 3.8) is 0 Å². The molecule has 0 radical (unpaired) electrons. The lowest BCUT2D eigenvalue weighted by molar-refractivity contribution is -0.126. The van der Waals surface area contributed by atoms with Gasteiger partial charge in [0.25, 0.3) is 5.91 Å². The van der Waals surface area contributed by atoms with E-state index in [0.29, 0.717) is 29.8 Å². The lowest BCUT2D eigenvalue weighted by Crippen LogP contribution is -2.55. The zero-order chi connectivity index (χ0) is 21.9. The highest BCUT2D eigenvalue weighted by Gasteiger charge is 2.63. The third kappa shape index (κ3) is 3.09. The molecule has 0 saturated carbocycles. The second kappa shape index (κ2) is 6.83. The molecule has 6 nitrogen and oxygen atoms in total. The topological polar surface area (TPSA) is 73.6 Å². The van der Waals surface area contributed by atoms with Crippen LogP contribution in [0.25, 0.3) is 0 Å². The van der Waals surface area contributed by atoms with Gasteiger partial charge in [0.15, 0.2) is 8.32 Å². The molecule has 2 aliphatic rings. The number of carbonyl (C=O) groups is 2.